The highest BCUT2D eigenvalue weighted by atomic mass is 35.5. The molecule has 0 radical (unpaired) electrons. The Morgan fingerprint density at radius 1 is 1.26 bits per heavy atom. The van der Waals surface area contributed by atoms with Gasteiger partial charge in [0.1, 0.15) is 0 Å². The molecular formula is C14H18ClN3O. The molecule has 0 amide bonds. The number of hydrogen-bond donors (Lipinski definition) is 1. The van der Waals surface area contributed by atoms with Gasteiger partial charge in [0.25, 0.3) is 0 Å². The summed E-state index contributed by atoms with van der Waals surface area (Å²) in [5.41, 5.74) is 6.84. The van der Waals surface area contributed by atoms with E-state index in [4.69, 9.17) is 21.9 Å². The van der Waals surface area contributed by atoms with Crippen LogP contribution in [0, 0.1) is 5.92 Å². The van der Waals surface area contributed by atoms with Gasteiger partial charge in [0, 0.05) is 16.6 Å². The number of nitrogens with two attached hydrogens (primary N) is 1. The molecule has 1 aromatic heterocycles. The van der Waals surface area contributed by atoms with Crippen molar-refractivity contribution in [2.45, 2.75) is 32.7 Å². The third kappa shape index (κ3) is 3.14. The van der Waals surface area contributed by atoms with Gasteiger partial charge in [0.15, 0.2) is 0 Å². The van der Waals surface area contributed by atoms with Crippen LogP contribution in [0.3, 0.4) is 0 Å². The van der Waals surface area contributed by atoms with Crippen LogP contribution in [0.2, 0.25) is 5.02 Å². The Kier molecular flexibility index (Phi) is 4.22. The summed E-state index contributed by atoms with van der Waals surface area (Å²) in [4.78, 5) is 4.45. The third-order valence-corrected chi connectivity index (χ3v) is 3.33. The van der Waals surface area contributed by atoms with Gasteiger partial charge in [-0.05, 0) is 25.0 Å². The maximum Gasteiger partial charge on any atom is 0.231 e. The predicted molar refractivity (Wildman–Crippen MR) is 76.0 cm³/mol. The summed E-state index contributed by atoms with van der Waals surface area (Å²) < 4.78 is 5.36. The van der Waals surface area contributed by atoms with Crippen molar-refractivity contribution in [3.63, 3.8) is 0 Å². The lowest BCUT2D eigenvalue weighted by molar-refractivity contribution is 0.300. The minimum absolute atomic E-state index is 0.0346. The van der Waals surface area contributed by atoms with E-state index in [-0.39, 0.29) is 12.0 Å². The minimum Gasteiger partial charge on any atom is -0.339 e. The van der Waals surface area contributed by atoms with Crippen molar-refractivity contribution in [1.82, 2.24) is 10.1 Å². The van der Waals surface area contributed by atoms with Crippen LogP contribution in [0.5, 0.6) is 0 Å². The first-order valence-electron chi connectivity index (χ1n) is 6.34. The number of halogens is 1. The van der Waals surface area contributed by atoms with Crippen molar-refractivity contribution in [1.29, 1.82) is 0 Å². The summed E-state index contributed by atoms with van der Waals surface area (Å²) in [6.45, 7) is 6.14. The fourth-order valence-corrected chi connectivity index (χ4v) is 2.42. The second-order valence-electron chi connectivity index (χ2n) is 5.10. The average molecular weight is 280 g/mol. The quantitative estimate of drug-likeness (QED) is 0.930. The fraction of sp³-hybridized carbons (Fsp3) is 0.429. The van der Waals surface area contributed by atoms with Gasteiger partial charge < -0.3 is 10.3 Å². The van der Waals surface area contributed by atoms with Crippen molar-refractivity contribution in [2.75, 3.05) is 0 Å². The van der Waals surface area contributed by atoms with E-state index in [1.54, 1.807) is 0 Å². The number of benzene rings is 1. The number of aromatic nitrogens is 2. The van der Waals surface area contributed by atoms with Crippen LogP contribution in [0.15, 0.2) is 28.8 Å². The molecule has 0 spiro atoms. The molecule has 4 nitrogen and oxygen atoms in total. The molecule has 2 aromatic rings. The monoisotopic (exact) mass is 279 g/mol. The molecular weight excluding hydrogens is 262 g/mol. The summed E-state index contributed by atoms with van der Waals surface area (Å²) in [7, 11) is 0. The predicted octanol–water partition coefficient (Wildman–Crippen LogP) is 3.48. The lowest BCUT2D eigenvalue weighted by Gasteiger charge is -2.20. The molecule has 2 rings (SSSR count). The van der Waals surface area contributed by atoms with E-state index in [1.807, 2.05) is 31.2 Å². The SMILES string of the molecule is CC(C)C(c1nc(-c2cccc(Cl)c2)no1)C(C)N. The molecule has 2 unspecified atom stereocenters. The largest absolute Gasteiger partial charge is 0.339 e. The molecule has 0 aliphatic rings. The Morgan fingerprint density at radius 2 is 2.00 bits per heavy atom. The normalized spacial score (nSPS) is 14.6. The van der Waals surface area contributed by atoms with Crippen molar-refractivity contribution in [3.05, 3.63) is 35.2 Å². The molecule has 5 heteroatoms. The summed E-state index contributed by atoms with van der Waals surface area (Å²) in [6.07, 6.45) is 0. The van der Waals surface area contributed by atoms with Gasteiger partial charge in [0.2, 0.25) is 11.7 Å². The minimum atomic E-state index is -0.0346. The summed E-state index contributed by atoms with van der Waals surface area (Å²) in [5.74, 6) is 1.52. The highest BCUT2D eigenvalue weighted by Gasteiger charge is 2.26. The Labute approximate surface area is 118 Å². The Bertz CT molecular complexity index is 543. The van der Waals surface area contributed by atoms with E-state index in [0.29, 0.717) is 22.7 Å². The van der Waals surface area contributed by atoms with Gasteiger partial charge in [0.05, 0.1) is 5.92 Å². The van der Waals surface area contributed by atoms with Crippen LogP contribution < -0.4 is 5.73 Å². The molecule has 0 saturated heterocycles. The van der Waals surface area contributed by atoms with Crippen LogP contribution in [-0.2, 0) is 0 Å². The van der Waals surface area contributed by atoms with E-state index >= 15 is 0 Å². The molecule has 2 atom stereocenters. The molecule has 19 heavy (non-hydrogen) atoms. The van der Waals surface area contributed by atoms with Gasteiger partial charge >= 0.3 is 0 Å². The summed E-state index contributed by atoms with van der Waals surface area (Å²) in [5, 5.41) is 4.66. The Hall–Kier alpha value is -1.39. The number of rotatable bonds is 4. The first kappa shape index (κ1) is 14.0. The van der Waals surface area contributed by atoms with Gasteiger partial charge in [-0.1, -0.05) is 42.7 Å². The topological polar surface area (TPSA) is 64.9 Å². The van der Waals surface area contributed by atoms with E-state index in [2.05, 4.69) is 24.0 Å². The third-order valence-electron chi connectivity index (χ3n) is 3.09. The van der Waals surface area contributed by atoms with Crippen LogP contribution in [0.4, 0.5) is 0 Å². The lowest BCUT2D eigenvalue weighted by Crippen LogP contribution is -2.28. The Balaban J connectivity index is 2.33. The highest BCUT2D eigenvalue weighted by Crippen LogP contribution is 2.28. The van der Waals surface area contributed by atoms with Gasteiger partial charge in [-0.25, -0.2) is 0 Å². The van der Waals surface area contributed by atoms with E-state index in [0.717, 1.165) is 5.56 Å². The molecule has 2 N–H and O–H groups in total. The average Bonchev–Trinajstić information content (AvgIpc) is 2.77. The first-order chi connectivity index (χ1) is 8.99. The lowest BCUT2D eigenvalue weighted by atomic mass is 9.90. The number of nitrogens with zero attached hydrogens (tertiary/aromatic N) is 2. The number of hydrogen-bond acceptors (Lipinski definition) is 4. The van der Waals surface area contributed by atoms with E-state index in [1.165, 1.54) is 0 Å². The summed E-state index contributed by atoms with van der Waals surface area (Å²) in [6, 6.07) is 7.35. The van der Waals surface area contributed by atoms with Crippen molar-refractivity contribution in [2.24, 2.45) is 11.7 Å². The molecule has 102 valence electrons. The molecule has 1 heterocycles. The molecule has 0 fully saturated rings. The maximum atomic E-state index is 5.99. The molecule has 0 aliphatic carbocycles. The van der Waals surface area contributed by atoms with Crippen LogP contribution in [0.1, 0.15) is 32.6 Å². The second-order valence-corrected chi connectivity index (χ2v) is 5.53. The summed E-state index contributed by atoms with van der Waals surface area (Å²) >= 11 is 5.96. The molecule has 1 aromatic carbocycles. The second kappa shape index (κ2) is 5.72. The van der Waals surface area contributed by atoms with E-state index < -0.39 is 0 Å². The molecule has 0 saturated carbocycles. The smallest absolute Gasteiger partial charge is 0.231 e. The van der Waals surface area contributed by atoms with Gasteiger partial charge in [-0.3, -0.25) is 0 Å². The standard InChI is InChI=1S/C14H18ClN3O/c1-8(2)12(9(3)16)14-17-13(18-19-14)10-5-4-6-11(15)7-10/h4-9,12H,16H2,1-3H3. The van der Waals surface area contributed by atoms with Crippen LogP contribution in [0.25, 0.3) is 11.4 Å². The van der Waals surface area contributed by atoms with Gasteiger partial charge in [-0.2, -0.15) is 4.98 Å². The van der Waals surface area contributed by atoms with E-state index in [9.17, 15) is 0 Å². The highest BCUT2D eigenvalue weighted by molar-refractivity contribution is 6.30. The zero-order valence-corrected chi connectivity index (χ0v) is 12.1. The molecule has 0 aliphatic heterocycles. The Morgan fingerprint density at radius 3 is 2.58 bits per heavy atom. The maximum absolute atomic E-state index is 5.99. The molecule has 0 bridgehead atoms. The van der Waals surface area contributed by atoms with Crippen molar-refractivity contribution in [3.8, 4) is 11.4 Å². The van der Waals surface area contributed by atoms with Crippen molar-refractivity contribution >= 4 is 11.6 Å². The fourth-order valence-electron chi connectivity index (χ4n) is 2.23. The zero-order valence-electron chi connectivity index (χ0n) is 11.3. The van der Waals surface area contributed by atoms with Crippen LogP contribution >= 0.6 is 11.6 Å². The zero-order chi connectivity index (χ0) is 14.0. The van der Waals surface area contributed by atoms with Crippen LogP contribution in [-0.4, -0.2) is 16.2 Å². The van der Waals surface area contributed by atoms with Crippen molar-refractivity contribution < 1.29 is 4.52 Å². The van der Waals surface area contributed by atoms with Gasteiger partial charge in [-0.15, -0.1) is 0 Å². The first-order valence-corrected chi connectivity index (χ1v) is 6.72.